The topological polar surface area (TPSA) is 73.8 Å². The third-order valence-corrected chi connectivity index (χ3v) is 4.71. The Kier molecular flexibility index (Phi) is 2.43. The molecule has 3 aliphatic rings. The molecule has 0 N–H and O–H groups in total. The molecule has 2 aliphatic carbocycles. The van der Waals surface area contributed by atoms with Crippen molar-refractivity contribution in [1.29, 1.82) is 0 Å². The lowest BCUT2D eigenvalue weighted by molar-refractivity contribution is -0.150. The summed E-state index contributed by atoms with van der Waals surface area (Å²) in [7, 11) is 0. The van der Waals surface area contributed by atoms with E-state index in [0.29, 0.717) is 12.1 Å². The average molecular weight is 276 g/mol. The minimum absolute atomic E-state index is 0.307. The van der Waals surface area contributed by atoms with Crippen LogP contribution in [0.15, 0.2) is 14.5 Å². The summed E-state index contributed by atoms with van der Waals surface area (Å²) in [4.78, 5) is 29.3. The van der Waals surface area contributed by atoms with Crippen molar-refractivity contribution in [2.75, 3.05) is 0 Å². The van der Waals surface area contributed by atoms with Gasteiger partial charge in [0.05, 0.1) is 17.0 Å². The Morgan fingerprint density at radius 2 is 1.85 bits per heavy atom. The molecular weight excluding hydrogens is 260 g/mol. The van der Waals surface area contributed by atoms with Crippen LogP contribution >= 0.6 is 0 Å². The fraction of sp³-hybridized carbons (Fsp3) is 0.643. The lowest BCUT2D eigenvalue weighted by Crippen LogP contribution is -2.48. The van der Waals surface area contributed by atoms with Gasteiger partial charge in [0, 0.05) is 0 Å². The van der Waals surface area contributed by atoms with Gasteiger partial charge in [0.15, 0.2) is 0 Å². The molecule has 1 fully saturated rings. The maximum atomic E-state index is 12.3. The predicted molar refractivity (Wildman–Crippen MR) is 69.6 cm³/mol. The predicted octanol–water partition coefficient (Wildman–Crippen LogP) is 1.50. The molecule has 6 nitrogen and oxygen atoms in total. The molecule has 1 aliphatic heterocycles. The first kappa shape index (κ1) is 11.9. The Bertz CT molecular complexity index is 669. The molecule has 1 atom stereocenters. The zero-order chi connectivity index (χ0) is 13.7. The third kappa shape index (κ3) is 1.36. The van der Waals surface area contributed by atoms with Gasteiger partial charge in [-0.1, -0.05) is 5.16 Å². The van der Waals surface area contributed by atoms with E-state index in [-0.39, 0.29) is 5.63 Å². The molecule has 4 rings (SSSR count). The number of rotatable bonds is 1. The van der Waals surface area contributed by atoms with Crippen molar-refractivity contribution in [2.24, 2.45) is 5.16 Å². The number of carbonyl (C=O) groups excluding carboxylic acids is 1. The van der Waals surface area contributed by atoms with Crippen LogP contribution in [0.4, 0.5) is 0 Å². The van der Waals surface area contributed by atoms with Crippen molar-refractivity contribution in [1.82, 2.24) is 4.74 Å². The lowest BCUT2D eigenvalue weighted by Gasteiger charge is -2.31. The van der Waals surface area contributed by atoms with Crippen molar-refractivity contribution < 1.29 is 14.2 Å². The van der Waals surface area contributed by atoms with Gasteiger partial charge in [-0.2, -0.15) is 4.74 Å². The van der Waals surface area contributed by atoms with Crippen LogP contribution in [0.2, 0.25) is 0 Å². The molecule has 0 radical (unpaired) electrons. The fourth-order valence-electron chi connectivity index (χ4n) is 3.67. The molecule has 2 heterocycles. The monoisotopic (exact) mass is 276 g/mol. The van der Waals surface area contributed by atoms with Crippen LogP contribution in [0, 0.1) is 0 Å². The maximum Gasteiger partial charge on any atom is 0.369 e. The molecule has 0 amide bonds. The lowest BCUT2D eigenvalue weighted by atomic mass is 9.80. The van der Waals surface area contributed by atoms with Crippen molar-refractivity contribution in [3.63, 3.8) is 0 Å². The van der Waals surface area contributed by atoms with Gasteiger partial charge >= 0.3 is 11.6 Å². The highest BCUT2D eigenvalue weighted by atomic mass is 16.7. The maximum absolute atomic E-state index is 12.3. The van der Waals surface area contributed by atoms with E-state index in [1.165, 1.54) is 4.74 Å². The second kappa shape index (κ2) is 4.07. The van der Waals surface area contributed by atoms with Crippen molar-refractivity contribution in [3.05, 3.63) is 21.7 Å². The molecular formula is C14H16N2O4. The minimum atomic E-state index is -0.984. The van der Waals surface area contributed by atoms with Gasteiger partial charge in [0.2, 0.25) is 5.54 Å². The molecule has 6 heteroatoms. The smallest absolute Gasteiger partial charge is 0.334 e. The van der Waals surface area contributed by atoms with Gasteiger partial charge in [0.1, 0.15) is 0 Å². The Morgan fingerprint density at radius 1 is 1.05 bits per heavy atom. The van der Waals surface area contributed by atoms with Gasteiger partial charge in [0.25, 0.3) is 0 Å². The largest absolute Gasteiger partial charge is 0.369 e. The van der Waals surface area contributed by atoms with E-state index in [1.54, 1.807) is 0 Å². The first-order valence-corrected chi connectivity index (χ1v) is 7.27. The van der Waals surface area contributed by atoms with Crippen LogP contribution in [-0.2, 0) is 28.0 Å². The molecule has 1 aromatic heterocycles. The molecule has 0 aromatic carbocycles. The fourth-order valence-corrected chi connectivity index (χ4v) is 3.67. The molecule has 1 unspecified atom stereocenters. The van der Waals surface area contributed by atoms with Crippen LogP contribution in [0.25, 0.3) is 0 Å². The first-order chi connectivity index (χ1) is 9.73. The Balaban J connectivity index is 1.93. The average Bonchev–Trinajstić information content (AvgIpc) is 3.00. The molecule has 1 aromatic rings. The minimum Gasteiger partial charge on any atom is -0.334 e. The summed E-state index contributed by atoms with van der Waals surface area (Å²) in [5.41, 5.74) is 1.02. The normalized spacial score (nSPS) is 28.6. The molecule has 0 spiro atoms. The van der Waals surface area contributed by atoms with Crippen molar-refractivity contribution in [2.45, 2.75) is 56.9 Å². The number of hydrogen-bond acceptors (Lipinski definition) is 5. The summed E-state index contributed by atoms with van der Waals surface area (Å²) in [5.74, 6) is -0.403. The number of nitrogens with zero attached hydrogens (tertiary/aromatic N) is 2. The summed E-state index contributed by atoms with van der Waals surface area (Å²) in [6.45, 7) is 0. The molecule has 0 saturated heterocycles. The van der Waals surface area contributed by atoms with Crippen LogP contribution in [-0.4, -0.2) is 16.4 Å². The second-order valence-electron chi connectivity index (χ2n) is 5.79. The Hall–Kier alpha value is -1.85. The highest BCUT2D eigenvalue weighted by Crippen LogP contribution is 2.40. The van der Waals surface area contributed by atoms with Crippen LogP contribution in [0.3, 0.4) is 0 Å². The molecule has 106 valence electrons. The van der Waals surface area contributed by atoms with Gasteiger partial charge in [-0.3, -0.25) is 0 Å². The molecule has 20 heavy (non-hydrogen) atoms. The van der Waals surface area contributed by atoms with Gasteiger partial charge in [-0.25, -0.2) is 9.59 Å². The van der Waals surface area contributed by atoms with Crippen LogP contribution in [0.5, 0.6) is 0 Å². The quantitative estimate of drug-likeness (QED) is 0.729. The number of fused-ring (bicyclic) bond motifs is 2. The summed E-state index contributed by atoms with van der Waals surface area (Å²) < 4.78 is 7.00. The summed E-state index contributed by atoms with van der Waals surface area (Å²) in [6, 6.07) is 0. The van der Waals surface area contributed by atoms with Crippen LogP contribution < -0.4 is 5.63 Å². The molecule has 1 saturated carbocycles. The summed E-state index contributed by atoms with van der Waals surface area (Å²) >= 11 is 0. The zero-order valence-corrected chi connectivity index (χ0v) is 11.2. The number of carbonyl (C=O) groups is 1. The summed E-state index contributed by atoms with van der Waals surface area (Å²) in [5, 5.41) is 3.93. The van der Waals surface area contributed by atoms with Crippen LogP contribution in [0.1, 0.15) is 49.8 Å². The van der Waals surface area contributed by atoms with Crippen molar-refractivity contribution in [3.8, 4) is 0 Å². The standard InChI is InChI=1S/C14H16N2O4/c17-12-9-5-1-2-6-10(9)16(20-12)14-8-4-3-7-11(14)15-19-13(14)18/h1-8H2. The number of aromatic nitrogens is 1. The number of hydrogen-bond donors (Lipinski definition) is 0. The van der Waals surface area contributed by atoms with Crippen molar-refractivity contribution >= 4 is 11.7 Å². The highest BCUT2D eigenvalue weighted by Gasteiger charge is 2.55. The zero-order valence-electron chi connectivity index (χ0n) is 11.2. The third-order valence-electron chi connectivity index (χ3n) is 4.71. The van der Waals surface area contributed by atoms with E-state index >= 15 is 0 Å². The summed E-state index contributed by atoms with van der Waals surface area (Å²) in [6.07, 6.45) is 6.77. The SMILES string of the molecule is O=C1ON=C2CCCCC12n1oc(=O)c2c1CCCC2. The van der Waals surface area contributed by atoms with Gasteiger partial charge in [-0.05, 0) is 51.4 Å². The second-order valence-corrected chi connectivity index (χ2v) is 5.79. The Labute approximate surface area is 115 Å². The highest BCUT2D eigenvalue weighted by molar-refractivity contribution is 6.11. The van der Waals surface area contributed by atoms with E-state index < -0.39 is 11.5 Å². The van der Waals surface area contributed by atoms with E-state index in [1.807, 2.05) is 0 Å². The Morgan fingerprint density at radius 3 is 2.75 bits per heavy atom. The number of oxime groups is 1. The van der Waals surface area contributed by atoms with E-state index in [0.717, 1.165) is 56.2 Å². The van der Waals surface area contributed by atoms with E-state index in [4.69, 9.17) is 9.36 Å². The van der Waals surface area contributed by atoms with Gasteiger partial charge in [-0.15, -0.1) is 0 Å². The van der Waals surface area contributed by atoms with E-state index in [9.17, 15) is 9.59 Å². The van der Waals surface area contributed by atoms with E-state index in [2.05, 4.69) is 5.16 Å². The first-order valence-electron chi connectivity index (χ1n) is 7.27. The van der Waals surface area contributed by atoms with Gasteiger partial charge < -0.3 is 9.36 Å². The molecule has 0 bridgehead atoms.